The largest absolute Gasteiger partial charge is 0.252 e. The third kappa shape index (κ3) is 3.66. The van der Waals surface area contributed by atoms with Crippen LogP contribution in [0.2, 0.25) is 5.02 Å². The molecule has 1 aliphatic rings. The van der Waals surface area contributed by atoms with Gasteiger partial charge in [-0.3, -0.25) is 0 Å². The van der Waals surface area contributed by atoms with Crippen LogP contribution in [-0.2, 0) is 10.0 Å². The molecule has 1 aromatic heterocycles. The molecule has 1 unspecified atom stereocenters. The van der Waals surface area contributed by atoms with E-state index in [4.69, 9.17) is 23.2 Å². The summed E-state index contributed by atoms with van der Waals surface area (Å²) in [6.45, 7) is 1.14. The number of hydrogen-bond donors (Lipinski definition) is 0. The second kappa shape index (κ2) is 6.62. The fourth-order valence-corrected chi connectivity index (χ4v) is 6.63. The third-order valence-corrected chi connectivity index (χ3v) is 8.22. The van der Waals surface area contributed by atoms with Crippen molar-refractivity contribution in [2.24, 2.45) is 5.92 Å². The molecule has 2 rings (SSSR count). The molecule has 0 bridgehead atoms. The maximum Gasteiger partial charge on any atom is 0.252 e. The molecule has 0 radical (unpaired) electrons. The summed E-state index contributed by atoms with van der Waals surface area (Å²) in [7, 11) is -3.42. The number of piperidine rings is 1. The van der Waals surface area contributed by atoms with E-state index in [0.29, 0.717) is 37.9 Å². The second-order valence-corrected chi connectivity index (χ2v) is 9.86. The molecule has 8 heteroatoms. The minimum absolute atomic E-state index is 0.302. The van der Waals surface area contributed by atoms with Gasteiger partial charge in [0.1, 0.15) is 4.21 Å². The Bertz CT molecular complexity index is 525. The predicted molar refractivity (Wildman–Crippen MR) is 83.8 cm³/mol. The molecule has 1 fully saturated rings. The van der Waals surface area contributed by atoms with Crippen molar-refractivity contribution < 1.29 is 8.42 Å². The van der Waals surface area contributed by atoms with Gasteiger partial charge in [0, 0.05) is 19.0 Å². The highest BCUT2D eigenvalue weighted by atomic mass is 79.9. The summed E-state index contributed by atoms with van der Waals surface area (Å²) >= 11 is 16.1. The number of halogens is 3. The fourth-order valence-electron chi connectivity index (χ4n) is 2.22. The monoisotopic (exact) mass is 405 g/mol. The molecule has 108 valence electrons. The Balaban J connectivity index is 2.19. The smallest absolute Gasteiger partial charge is 0.206 e. The summed E-state index contributed by atoms with van der Waals surface area (Å²) in [6.07, 6.45) is 2.80. The van der Waals surface area contributed by atoms with Crippen LogP contribution in [0.15, 0.2) is 14.1 Å². The summed E-state index contributed by atoms with van der Waals surface area (Å²) < 4.78 is 27.6. The molecule has 0 amide bonds. The van der Waals surface area contributed by atoms with Crippen LogP contribution in [0.4, 0.5) is 0 Å². The van der Waals surface area contributed by atoms with Crippen LogP contribution in [0, 0.1) is 5.92 Å². The van der Waals surface area contributed by atoms with E-state index >= 15 is 0 Å². The van der Waals surface area contributed by atoms with E-state index in [2.05, 4.69) is 15.9 Å². The highest BCUT2D eigenvalue weighted by molar-refractivity contribution is 9.11. The van der Waals surface area contributed by atoms with E-state index in [1.54, 1.807) is 4.31 Å². The average Bonchev–Trinajstić information content (AvgIpc) is 2.71. The molecule has 0 N–H and O–H groups in total. The van der Waals surface area contributed by atoms with Crippen molar-refractivity contribution in [1.82, 2.24) is 4.31 Å². The van der Waals surface area contributed by atoms with Gasteiger partial charge in [-0.1, -0.05) is 11.6 Å². The molecular weight excluding hydrogens is 393 g/mol. The topological polar surface area (TPSA) is 37.4 Å². The van der Waals surface area contributed by atoms with Crippen molar-refractivity contribution in [2.45, 2.75) is 23.5 Å². The minimum Gasteiger partial charge on any atom is -0.206 e. The van der Waals surface area contributed by atoms with Gasteiger partial charge >= 0.3 is 0 Å². The van der Waals surface area contributed by atoms with Gasteiger partial charge in [0.15, 0.2) is 0 Å². The molecule has 1 aliphatic heterocycles. The Morgan fingerprint density at radius 1 is 1.53 bits per heavy atom. The summed E-state index contributed by atoms with van der Waals surface area (Å²) in [5.74, 6) is 0.939. The molecule has 0 aliphatic carbocycles. The van der Waals surface area contributed by atoms with Crippen molar-refractivity contribution in [3.05, 3.63) is 14.9 Å². The van der Waals surface area contributed by atoms with E-state index in [9.17, 15) is 8.42 Å². The van der Waals surface area contributed by atoms with Crippen LogP contribution >= 0.6 is 50.5 Å². The molecule has 2 heterocycles. The second-order valence-electron chi connectivity index (χ2n) is 4.54. The Kier molecular flexibility index (Phi) is 5.59. The van der Waals surface area contributed by atoms with Crippen molar-refractivity contribution in [3.8, 4) is 0 Å². The maximum absolute atomic E-state index is 12.5. The number of alkyl halides is 1. The summed E-state index contributed by atoms with van der Waals surface area (Å²) in [5.41, 5.74) is 0. The molecule has 19 heavy (non-hydrogen) atoms. The Hall–Kier alpha value is 0.670. The maximum atomic E-state index is 12.5. The van der Waals surface area contributed by atoms with Gasteiger partial charge in [-0.2, -0.15) is 4.31 Å². The highest BCUT2D eigenvalue weighted by Gasteiger charge is 2.31. The van der Waals surface area contributed by atoms with E-state index in [0.717, 1.165) is 30.6 Å². The van der Waals surface area contributed by atoms with Crippen molar-refractivity contribution in [1.29, 1.82) is 0 Å². The van der Waals surface area contributed by atoms with Gasteiger partial charge in [-0.25, -0.2) is 8.42 Å². The standard InChI is InChI=1S/C11H14BrCl2NO2S2/c12-11-9(14)6-10(18-11)19(16,17)15-5-1-2-8(7-15)3-4-13/h6,8H,1-5,7H2. The average molecular weight is 407 g/mol. The van der Waals surface area contributed by atoms with E-state index in [1.165, 1.54) is 6.07 Å². The summed E-state index contributed by atoms with van der Waals surface area (Å²) in [6, 6.07) is 1.51. The van der Waals surface area contributed by atoms with Crippen molar-refractivity contribution in [3.63, 3.8) is 0 Å². The lowest BCUT2D eigenvalue weighted by Crippen LogP contribution is -2.39. The fraction of sp³-hybridized carbons (Fsp3) is 0.636. The number of hydrogen-bond acceptors (Lipinski definition) is 3. The van der Waals surface area contributed by atoms with Crippen molar-refractivity contribution >= 4 is 60.5 Å². The zero-order chi connectivity index (χ0) is 14.0. The molecule has 0 saturated carbocycles. The lowest BCUT2D eigenvalue weighted by molar-refractivity contribution is 0.262. The first-order valence-corrected chi connectivity index (χ1v) is 9.92. The van der Waals surface area contributed by atoms with Gasteiger partial charge in [-0.15, -0.1) is 22.9 Å². The number of thiophene rings is 1. The normalized spacial score (nSPS) is 21.7. The van der Waals surface area contributed by atoms with Gasteiger partial charge < -0.3 is 0 Å². The lowest BCUT2D eigenvalue weighted by Gasteiger charge is -2.31. The van der Waals surface area contributed by atoms with Gasteiger partial charge in [-0.05, 0) is 47.2 Å². The zero-order valence-electron chi connectivity index (χ0n) is 10.1. The molecule has 3 nitrogen and oxygen atoms in total. The quantitative estimate of drug-likeness (QED) is 0.702. The molecule has 0 aromatic carbocycles. The SMILES string of the molecule is O=S(=O)(c1cc(Cl)c(Br)s1)N1CCCC(CCCl)C1. The molecule has 0 spiro atoms. The minimum atomic E-state index is -3.42. The Morgan fingerprint density at radius 3 is 2.84 bits per heavy atom. The molecule has 1 aromatic rings. The lowest BCUT2D eigenvalue weighted by atomic mass is 9.97. The summed E-state index contributed by atoms with van der Waals surface area (Å²) in [5, 5.41) is 0.442. The molecular formula is C11H14BrCl2NO2S2. The Labute approximate surface area is 136 Å². The summed E-state index contributed by atoms with van der Waals surface area (Å²) in [4.78, 5) is 0. The highest BCUT2D eigenvalue weighted by Crippen LogP contribution is 2.37. The first-order valence-electron chi connectivity index (χ1n) is 5.96. The van der Waals surface area contributed by atoms with Crippen LogP contribution < -0.4 is 0 Å². The molecule has 1 atom stereocenters. The molecule has 1 saturated heterocycles. The van der Waals surface area contributed by atoms with Gasteiger partial charge in [0.25, 0.3) is 10.0 Å². The van der Waals surface area contributed by atoms with Crippen LogP contribution in [0.3, 0.4) is 0 Å². The van der Waals surface area contributed by atoms with Gasteiger partial charge in [0.05, 0.1) is 8.81 Å². The predicted octanol–water partition coefficient (Wildman–Crippen LogP) is 4.19. The van der Waals surface area contributed by atoms with Crippen molar-refractivity contribution in [2.75, 3.05) is 19.0 Å². The first kappa shape index (κ1) is 16.0. The van der Waals surface area contributed by atoms with E-state index < -0.39 is 10.0 Å². The number of nitrogens with zero attached hydrogens (tertiary/aromatic N) is 1. The van der Waals surface area contributed by atoms with Crippen LogP contribution in [0.1, 0.15) is 19.3 Å². The van der Waals surface area contributed by atoms with Gasteiger partial charge in [0.2, 0.25) is 0 Å². The van der Waals surface area contributed by atoms with Crippen LogP contribution in [0.25, 0.3) is 0 Å². The van der Waals surface area contributed by atoms with Crippen LogP contribution in [-0.4, -0.2) is 31.7 Å². The zero-order valence-corrected chi connectivity index (χ0v) is 14.8. The number of rotatable bonds is 4. The number of sulfonamides is 1. The first-order chi connectivity index (χ1) is 8.95. The van der Waals surface area contributed by atoms with E-state index in [-0.39, 0.29) is 0 Å². The van der Waals surface area contributed by atoms with Crippen LogP contribution in [0.5, 0.6) is 0 Å². The van der Waals surface area contributed by atoms with E-state index in [1.807, 2.05) is 0 Å². The third-order valence-electron chi connectivity index (χ3n) is 3.22. The Morgan fingerprint density at radius 2 is 2.26 bits per heavy atom.